The number of nitrogens with zero attached hydrogens (tertiary/aromatic N) is 1. The van der Waals surface area contributed by atoms with E-state index in [1.165, 1.54) is 5.56 Å². The van der Waals surface area contributed by atoms with Gasteiger partial charge in [0, 0.05) is 37.2 Å². The van der Waals surface area contributed by atoms with Gasteiger partial charge in [0.1, 0.15) is 18.1 Å². The molecular weight excluding hydrogens is 358 g/mol. The summed E-state index contributed by atoms with van der Waals surface area (Å²) < 4.78 is 11.3. The number of benzene rings is 1. The van der Waals surface area contributed by atoms with E-state index in [1.807, 2.05) is 37.7 Å². The smallest absolute Gasteiger partial charge is 0.136 e. The summed E-state index contributed by atoms with van der Waals surface area (Å²) in [6, 6.07) is 8.32. The van der Waals surface area contributed by atoms with E-state index in [0.717, 1.165) is 44.4 Å². The lowest BCUT2D eigenvalue weighted by molar-refractivity contribution is -0.121. The van der Waals surface area contributed by atoms with Crippen LogP contribution in [0.5, 0.6) is 5.75 Å². The Balaban J connectivity index is 1.88. The largest absolute Gasteiger partial charge is 0.492 e. The molecule has 152 valence electrons. The van der Waals surface area contributed by atoms with Gasteiger partial charge in [0.05, 0.1) is 13.2 Å². The Kier molecular flexibility index (Phi) is 9.66. The molecule has 1 saturated heterocycles. The second kappa shape index (κ2) is 11.7. The molecule has 0 radical (unpaired) electrons. The van der Waals surface area contributed by atoms with Crippen LogP contribution >= 0.6 is 11.8 Å². The average Bonchev–Trinajstić information content (AvgIpc) is 2.66. The number of ether oxygens (including phenoxy) is 2. The van der Waals surface area contributed by atoms with Gasteiger partial charge < -0.3 is 9.47 Å². The van der Waals surface area contributed by atoms with Gasteiger partial charge in [0.25, 0.3) is 0 Å². The van der Waals surface area contributed by atoms with E-state index in [0.29, 0.717) is 24.7 Å². The van der Waals surface area contributed by atoms with Gasteiger partial charge in [-0.1, -0.05) is 39.8 Å². The van der Waals surface area contributed by atoms with Gasteiger partial charge in [-0.2, -0.15) is 11.8 Å². The molecule has 1 aliphatic heterocycles. The quantitative estimate of drug-likeness (QED) is 0.556. The van der Waals surface area contributed by atoms with Crippen molar-refractivity contribution in [3.05, 3.63) is 29.8 Å². The summed E-state index contributed by atoms with van der Waals surface area (Å²) in [5.74, 6) is 3.01. The van der Waals surface area contributed by atoms with E-state index in [-0.39, 0.29) is 11.2 Å². The second-order valence-electron chi connectivity index (χ2n) is 7.91. The summed E-state index contributed by atoms with van der Waals surface area (Å²) >= 11 is 1.89. The Labute approximate surface area is 169 Å². The van der Waals surface area contributed by atoms with Gasteiger partial charge >= 0.3 is 0 Å². The van der Waals surface area contributed by atoms with Crippen molar-refractivity contribution in [1.29, 1.82) is 0 Å². The van der Waals surface area contributed by atoms with Crippen molar-refractivity contribution in [1.82, 2.24) is 4.90 Å². The van der Waals surface area contributed by atoms with Crippen molar-refractivity contribution in [3.63, 3.8) is 0 Å². The first kappa shape index (κ1) is 22.3. The van der Waals surface area contributed by atoms with E-state index < -0.39 is 0 Å². The summed E-state index contributed by atoms with van der Waals surface area (Å²) in [4.78, 5) is 14.6. The lowest BCUT2D eigenvalue weighted by Crippen LogP contribution is -2.38. The zero-order valence-electron chi connectivity index (χ0n) is 17.3. The summed E-state index contributed by atoms with van der Waals surface area (Å²) in [5.41, 5.74) is 1.22. The third-order valence-electron chi connectivity index (χ3n) is 4.69. The maximum absolute atomic E-state index is 12.3. The Morgan fingerprint density at radius 1 is 1.15 bits per heavy atom. The number of ketones is 1. The number of hydrogen-bond acceptors (Lipinski definition) is 5. The Hall–Kier alpha value is -1.04. The van der Waals surface area contributed by atoms with Crippen LogP contribution in [0, 0.1) is 11.8 Å². The van der Waals surface area contributed by atoms with E-state index in [1.54, 1.807) is 0 Å². The van der Waals surface area contributed by atoms with Crippen molar-refractivity contribution in [2.45, 2.75) is 39.4 Å². The minimum Gasteiger partial charge on any atom is -0.492 e. The van der Waals surface area contributed by atoms with Crippen LogP contribution in [-0.2, 0) is 9.53 Å². The molecule has 1 heterocycles. The zero-order chi connectivity index (χ0) is 19.6. The highest BCUT2D eigenvalue weighted by atomic mass is 32.2. The molecule has 0 bridgehead atoms. The first-order chi connectivity index (χ1) is 13.0. The molecule has 1 aromatic rings. The van der Waals surface area contributed by atoms with E-state index in [2.05, 4.69) is 30.9 Å². The molecule has 5 heteroatoms. The number of carbonyl (C=O) groups is 1. The zero-order valence-corrected chi connectivity index (χ0v) is 18.1. The number of rotatable bonds is 11. The molecule has 1 aliphatic rings. The maximum atomic E-state index is 12.3. The molecule has 0 amide bonds. The van der Waals surface area contributed by atoms with Gasteiger partial charge in [0.2, 0.25) is 0 Å². The van der Waals surface area contributed by atoms with Gasteiger partial charge in [-0.3, -0.25) is 9.69 Å². The van der Waals surface area contributed by atoms with Gasteiger partial charge in [0.15, 0.2) is 0 Å². The topological polar surface area (TPSA) is 38.8 Å². The molecule has 2 rings (SSSR count). The number of carbonyl (C=O) groups excluding carboxylic acids is 1. The van der Waals surface area contributed by atoms with Crippen LogP contribution in [0.3, 0.4) is 0 Å². The van der Waals surface area contributed by atoms with Crippen LogP contribution in [0.1, 0.15) is 44.9 Å². The predicted octanol–water partition coefficient (Wildman–Crippen LogP) is 4.44. The van der Waals surface area contributed by atoms with Gasteiger partial charge in [-0.15, -0.1) is 0 Å². The van der Waals surface area contributed by atoms with E-state index in [4.69, 9.17) is 9.47 Å². The molecule has 0 N–H and O–H groups in total. The fourth-order valence-corrected chi connectivity index (χ4v) is 4.15. The highest BCUT2D eigenvalue weighted by Crippen LogP contribution is 2.35. The van der Waals surface area contributed by atoms with Crippen LogP contribution in [-0.4, -0.2) is 55.9 Å². The summed E-state index contributed by atoms with van der Waals surface area (Å²) in [6.45, 7) is 13.6. The minimum absolute atomic E-state index is 0.0925. The van der Waals surface area contributed by atoms with Crippen molar-refractivity contribution in [3.8, 4) is 5.75 Å². The Morgan fingerprint density at radius 3 is 2.41 bits per heavy atom. The highest BCUT2D eigenvalue weighted by Gasteiger charge is 2.19. The Morgan fingerprint density at radius 2 is 1.81 bits per heavy atom. The fourth-order valence-electron chi connectivity index (χ4n) is 2.90. The van der Waals surface area contributed by atoms with E-state index >= 15 is 0 Å². The number of thioether (sulfide) groups is 1. The molecule has 0 aliphatic carbocycles. The number of morpholine rings is 1. The third-order valence-corrected chi connectivity index (χ3v) is 6.39. The number of Topliss-reactive ketones (excluding diaryl/α,β-unsaturated/α-hetero) is 1. The van der Waals surface area contributed by atoms with E-state index in [9.17, 15) is 4.79 Å². The SMILES string of the molecule is CC(C)CSC(CC(=O)C(C)C)c1ccc(OCCN2CCOCC2)cc1. The van der Waals surface area contributed by atoms with Crippen LogP contribution < -0.4 is 4.74 Å². The van der Waals surface area contributed by atoms with Crippen molar-refractivity contribution in [2.24, 2.45) is 11.8 Å². The molecule has 4 nitrogen and oxygen atoms in total. The molecule has 27 heavy (non-hydrogen) atoms. The molecule has 0 aromatic heterocycles. The molecular formula is C22H35NO3S. The highest BCUT2D eigenvalue weighted by molar-refractivity contribution is 7.99. The monoisotopic (exact) mass is 393 g/mol. The van der Waals surface area contributed by atoms with Crippen molar-refractivity contribution in [2.75, 3.05) is 45.2 Å². The molecule has 0 spiro atoms. The molecule has 1 fully saturated rings. The van der Waals surface area contributed by atoms with Crippen LogP contribution in [0.15, 0.2) is 24.3 Å². The number of hydrogen-bond donors (Lipinski definition) is 0. The van der Waals surface area contributed by atoms with Crippen LogP contribution in [0.25, 0.3) is 0 Å². The van der Waals surface area contributed by atoms with Gasteiger partial charge in [-0.05, 0) is 29.4 Å². The third kappa shape index (κ3) is 8.24. The summed E-state index contributed by atoms with van der Waals surface area (Å²) in [6.07, 6.45) is 0.603. The first-order valence-corrected chi connectivity index (χ1v) is 11.2. The second-order valence-corrected chi connectivity index (χ2v) is 9.15. The average molecular weight is 394 g/mol. The lowest BCUT2D eigenvalue weighted by atomic mass is 10.0. The van der Waals surface area contributed by atoms with Crippen molar-refractivity contribution >= 4 is 17.5 Å². The molecule has 1 unspecified atom stereocenters. The van der Waals surface area contributed by atoms with Crippen LogP contribution in [0.4, 0.5) is 0 Å². The molecule has 1 atom stereocenters. The Bertz CT molecular complexity index is 553. The standard InChI is InChI=1S/C22H35NO3S/c1-17(2)16-27-22(15-21(24)18(3)4)19-5-7-20(8-6-19)26-14-11-23-9-12-25-13-10-23/h5-8,17-18,22H,9-16H2,1-4H3. The van der Waals surface area contributed by atoms with Crippen LogP contribution in [0.2, 0.25) is 0 Å². The lowest BCUT2D eigenvalue weighted by Gasteiger charge is -2.26. The normalized spacial score (nSPS) is 16.7. The maximum Gasteiger partial charge on any atom is 0.136 e. The minimum atomic E-state index is 0.0925. The fraction of sp³-hybridized carbons (Fsp3) is 0.682. The summed E-state index contributed by atoms with van der Waals surface area (Å²) in [7, 11) is 0. The summed E-state index contributed by atoms with van der Waals surface area (Å²) in [5, 5.41) is 0.227. The molecule has 1 aromatic carbocycles. The van der Waals surface area contributed by atoms with Gasteiger partial charge in [-0.25, -0.2) is 0 Å². The predicted molar refractivity (Wildman–Crippen MR) is 114 cm³/mol. The van der Waals surface area contributed by atoms with Crippen molar-refractivity contribution < 1.29 is 14.3 Å². The molecule has 0 saturated carbocycles. The first-order valence-electron chi connectivity index (χ1n) is 10.1.